The molecular formula is C13H14N4O4. The highest BCUT2D eigenvalue weighted by molar-refractivity contribution is 6.05. The molecule has 2 N–H and O–H groups in total. The Balaban J connectivity index is 2.01. The number of carbonyl (C=O) groups excluding carboxylic acids is 1. The van der Waals surface area contributed by atoms with Gasteiger partial charge in [0, 0.05) is 24.1 Å². The fourth-order valence-electron chi connectivity index (χ4n) is 2.71. The number of likely N-dealkylation sites (tertiary alicyclic amines) is 1. The van der Waals surface area contributed by atoms with E-state index in [1.54, 1.807) is 4.90 Å². The molecule has 1 aliphatic rings. The largest absolute Gasteiger partial charge is 0.394 e. The number of aromatic nitrogens is 2. The van der Waals surface area contributed by atoms with Crippen molar-refractivity contribution >= 4 is 22.5 Å². The molecule has 3 rings (SSSR count). The summed E-state index contributed by atoms with van der Waals surface area (Å²) in [6.45, 7) is 0.474. The minimum Gasteiger partial charge on any atom is -0.394 e. The maximum atomic E-state index is 12.5. The second-order valence-electron chi connectivity index (χ2n) is 5.04. The summed E-state index contributed by atoms with van der Waals surface area (Å²) < 4.78 is 0. The normalized spacial score (nSPS) is 18.3. The van der Waals surface area contributed by atoms with Crippen molar-refractivity contribution in [1.29, 1.82) is 0 Å². The molecule has 0 unspecified atom stereocenters. The third-order valence-corrected chi connectivity index (χ3v) is 3.81. The van der Waals surface area contributed by atoms with E-state index in [1.165, 1.54) is 18.2 Å². The van der Waals surface area contributed by atoms with Crippen molar-refractivity contribution in [2.24, 2.45) is 0 Å². The number of aliphatic hydroxyl groups is 1. The van der Waals surface area contributed by atoms with E-state index in [-0.39, 0.29) is 29.9 Å². The quantitative estimate of drug-likeness (QED) is 0.648. The first-order chi connectivity index (χ1) is 10.1. The lowest BCUT2D eigenvalue weighted by molar-refractivity contribution is -0.384. The molecule has 0 spiro atoms. The standard InChI is InChI=1S/C13H14N4O4/c18-7-9-2-1-5-16(9)13(19)12-10-6-8(17(20)21)3-4-11(10)14-15-12/h3-4,6,9,18H,1-2,5,7H2,(H,14,15)/t9-/m1/s1. The average Bonchev–Trinajstić information content (AvgIpc) is 3.12. The molecule has 0 aliphatic carbocycles. The topological polar surface area (TPSA) is 112 Å². The highest BCUT2D eigenvalue weighted by Gasteiger charge is 2.31. The minimum absolute atomic E-state index is 0.0851. The number of hydrogen-bond donors (Lipinski definition) is 2. The molecule has 1 atom stereocenters. The van der Waals surface area contributed by atoms with Gasteiger partial charge < -0.3 is 10.0 Å². The number of aromatic amines is 1. The molecule has 1 fully saturated rings. The van der Waals surface area contributed by atoms with Crippen LogP contribution in [-0.2, 0) is 0 Å². The number of hydrogen-bond acceptors (Lipinski definition) is 5. The number of amides is 1. The summed E-state index contributed by atoms with van der Waals surface area (Å²) in [5.74, 6) is -0.307. The van der Waals surface area contributed by atoms with E-state index in [9.17, 15) is 20.0 Å². The summed E-state index contributed by atoms with van der Waals surface area (Å²) in [7, 11) is 0. The molecule has 1 aliphatic heterocycles. The average molecular weight is 290 g/mol. The Morgan fingerprint density at radius 1 is 1.57 bits per heavy atom. The van der Waals surface area contributed by atoms with Crippen LogP contribution in [0, 0.1) is 10.1 Å². The number of rotatable bonds is 3. The van der Waals surface area contributed by atoms with E-state index in [2.05, 4.69) is 10.2 Å². The van der Waals surface area contributed by atoms with Gasteiger partial charge in [0.25, 0.3) is 11.6 Å². The van der Waals surface area contributed by atoms with Crippen molar-refractivity contribution < 1.29 is 14.8 Å². The number of nitro groups is 1. The lowest BCUT2D eigenvalue weighted by Gasteiger charge is -2.21. The molecule has 8 nitrogen and oxygen atoms in total. The van der Waals surface area contributed by atoms with Gasteiger partial charge in [0.15, 0.2) is 5.69 Å². The minimum atomic E-state index is -0.507. The van der Waals surface area contributed by atoms with Crippen molar-refractivity contribution in [2.45, 2.75) is 18.9 Å². The molecule has 2 aromatic rings. The predicted molar refractivity (Wildman–Crippen MR) is 73.9 cm³/mol. The molecule has 1 amide bonds. The molecular weight excluding hydrogens is 276 g/mol. The molecule has 1 aromatic carbocycles. The number of benzene rings is 1. The van der Waals surface area contributed by atoms with Crippen LogP contribution in [0.2, 0.25) is 0 Å². The van der Waals surface area contributed by atoms with Gasteiger partial charge in [0.1, 0.15) is 0 Å². The first-order valence-corrected chi connectivity index (χ1v) is 6.66. The molecule has 0 radical (unpaired) electrons. The highest BCUT2D eigenvalue weighted by atomic mass is 16.6. The SMILES string of the molecule is O=C(c1n[nH]c2ccc([N+](=O)[O-])cc12)N1CCC[C@@H]1CO. The van der Waals surface area contributed by atoms with E-state index < -0.39 is 4.92 Å². The van der Waals surface area contributed by atoms with E-state index in [0.29, 0.717) is 17.4 Å². The molecule has 21 heavy (non-hydrogen) atoms. The number of non-ortho nitro benzene ring substituents is 1. The Morgan fingerprint density at radius 2 is 2.38 bits per heavy atom. The number of aliphatic hydroxyl groups excluding tert-OH is 1. The molecule has 2 heterocycles. The zero-order chi connectivity index (χ0) is 15.0. The van der Waals surface area contributed by atoms with Crippen LogP contribution in [0.4, 0.5) is 5.69 Å². The van der Waals surface area contributed by atoms with Gasteiger partial charge in [-0.1, -0.05) is 0 Å². The van der Waals surface area contributed by atoms with Gasteiger partial charge in [-0.15, -0.1) is 0 Å². The van der Waals surface area contributed by atoms with Crippen LogP contribution in [0.25, 0.3) is 10.9 Å². The zero-order valence-electron chi connectivity index (χ0n) is 11.2. The lowest BCUT2D eigenvalue weighted by Crippen LogP contribution is -2.37. The second kappa shape index (κ2) is 5.13. The first-order valence-electron chi connectivity index (χ1n) is 6.66. The number of nitrogens with one attached hydrogen (secondary N) is 1. The zero-order valence-corrected chi connectivity index (χ0v) is 11.2. The number of nitrogens with zero attached hydrogens (tertiary/aromatic N) is 3. The van der Waals surface area contributed by atoms with Gasteiger partial charge in [-0.05, 0) is 18.9 Å². The molecule has 0 saturated carbocycles. The molecule has 110 valence electrons. The Kier molecular flexibility index (Phi) is 3.30. The molecule has 1 aromatic heterocycles. The number of fused-ring (bicyclic) bond motifs is 1. The maximum Gasteiger partial charge on any atom is 0.275 e. The van der Waals surface area contributed by atoms with Crippen LogP contribution in [0.3, 0.4) is 0 Å². The Bertz CT molecular complexity index is 711. The lowest BCUT2D eigenvalue weighted by atomic mass is 10.1. The summed E-state index contributed by atoms with van der Waals surface area (Å²) in [4.78, 5) is 24.5. The number of carbonyl (C=O) groups is 1. The van der Waals surface area contributed by atoms with E-state index in [1.807, 2.05) is 0 Å². The summed E-state index contributed by atoms with van der Waals surface area (Å²) in [5, 5.41) is 27.3. The highest BCUT2D eigenvalue weighted by Crippen LogP contribution is 2.25. The number of H-pyrrole nitrogens is 1. The van der Waals surface area contributed by atoms with Crippen molar-refractivity contribution in [3.8, 4) is 0 Å². The van der Waals surface area contributed by atoms with Crippen LogP contribution in [0.1, 0.15) is 23.3 Å². The van der Waals surface area contributed by atoms with Crippen LogP contribution in [0.5, 0.6) is 0 Å². The maximum absolute atomic E-state index is 12.5. The van der Waals surface area contributed by atoms with Crippen molar-refractivity contribution in [3.05, 3.63) is 34.0 Å². The monoisotopic (exact) mass is 290 g/mol. The van der Waals surface area contributed by atoms with Gasteiger partial charge in [-0.2, -0.15) is 5.10 Å². The smallest absolute Gasteiger partial charge is 0.275 e. The van der Waals surface area contributed by atoms with Crippen LogP contribution in [0.15, 0.2) is 18.2 Å². The third kappa shape index (κ3) is 2.23. The van der Waals surface area contributed by atoms with Gasteiger partial charge in [-0.3, -0.25) is 20.0 Å². The van der Waals surface area contributed by atoms with Crippen molar-refractivity contribution in [3.63, 3.8) is 0 Å². The summed E-state index contributed by atoms with van der Waals surface area (Å²) in [6.07, 6.45) is 1.59. The second-order valence-corrected chi connectivity index (χ2v) is 5.04. The fraction of sp³-hybridized carbons (Fsp3) is 0.385. The van der Waals surface area contributed by atoms with Gasteiger partial charge in [-0.25, -0.2) is 0 Å². The summed E-state index contributed by atoms with van der Waals surface area (Å²) in [6, 6.07) is 4.03. The van der Waals surface area contributed by atoms with Gasteiger partial charge in [0.05, 0.1) is 23.1 Å². The van der Waals surface area contributed by atoms with Gasteiger partial charge in [0.2, 0.25) is 0 Å². The van der Waals surface area contributed by atoms with E-state index in [4.69, 9.17) is 0 Å². The molecule has 8 heteroatoms. The van der Waals surface area contributed by atoms with Crippen molar-refractivity contribution in [1.82, 2.24) is 15.1 Å². The Morgan fingerprint density at radius 3 is 3.10 bits per heavy atom. The first kappa shape index (κ1) is 13.5. The van der Waals surface area contributed by atoms with Crippen molar-refractivity contribution in [2.75, 3.05) is 13.2 Å². The van der Waals surface area contributed by atoms with Gasteiger partial charge >= 0.3 is 0 Å². The molecule has 1 saturated heterocycles. The Hall–Kier alpha value is -2.48. The van der Waals surface area contributed by atoms with Crippen LogP contribution < -0.4 is 0 Å². The van der Waals surface area contributed by atoms with E-state index in [0.717, 1.165) is 12.8 Å². The van der Waals surface area contributed by atoms with Crippen LogP contribution >= 0.6 is 0 Å². The third-order valence-electron chi connectivity index (χ3n) is 3.81. The molecule has 0 bridgehead atoms. The predicted octanol–water partition coefficient (Wildman–Crippen LogP) is 1.07. The van der Waals surface area contributed by atoms with E-state index >= 15 is 0 Å². The number of nitro benzene ring substituents is 1. The Labute approximate surface area is 119 Å². The summed E-state index contributed by atoms with van der Waals surface area (Å²) in [5.41, 5.74) is 0.649. The van der Waals surface area contributed by atoms with Crippen LogP contribution in [-0.4, -0.2) is 50.2 Å². The fourth-order valence-corrected chi connectivity index (χ4v) is 2.71. The summed E-state index contributed by atoms with van der Waals surface area (Å²) >= 11 is 0.